The molecule has 1 heterocycles. The Balaban J connectivity index is 2.48. The van der Waals surface area contributed by atoms with Crippen molar-refractivity contribution in [3.63, 3.8) is 0 Å². The highest BCUT2D eigenvalue weighted by molar-refractivity contribution is 5.91. The first kappa shape index (κ1) is 10.3. The minimum absolute atomic E-state index is 0.228. The molecule has 1 amide bonds. The average molecular weight is 213 g/mol. The molecule has 1 aromatic carbocycles. The van der Waals surface area contributed by atoms with Gasteiger partial charge in [-0.2, -0.15) is 0 Å². The lowest BCUT2D eigenvalue weighted by atomic mass is 10.1. The number of carbonyl (C=O) groups excluding carboxylic acids is 1. The van der Waals surface area contributed by atoms with Crippen molar-refractivity contribution in [3.05, 3.63) is 47.8 Å². The summed E-state index contributed by atoms with van der Waals surface area (Å²) in [4.78, 5) is 19.2. The van der Waals surface area contributed by atoms with Crippen LogP contribution in [-0.2, 0) is 0 Å². The summed E-state index contributed by atoms with van der Waals surface area (Å²) >= 11 is 0. The summed E-state index contributed by atoms with van der Waals surface area (Å²) in [5.41, 5.74) is 7.38. The van der Waals surface area contributed by atoms with Crippen LogP contribution in [0.3, 0.4) is 0 Å². The van der Waals surface area contributed by atoms with Crippen LogP contribution >= 0.6 is 0 Å². The fraction of sp³-hybridized carbons (Fsp3) is 0.0833. The second-order valence-corrected chi connectivity index (χ2v) is 3.50. The van der Waals surface area contributed by atoms with Crippen molar-refractivity contribution < 1.29 is 4.79 Å². The predicted molar refractivity (Wildman–Crippen MR) is 60.7 cm³/mol. The zero-order chi connectivity index (χ0) is 11.5. The highest BCUT2D eigenvalue weighted by Gasteiger charge is 2.05. The fourth-order valence-electron chi connectivity index (χ4n) is 1.42. The van der Waals surface area contributed by atoms with Gasteiger partial charge >= 0.3 is 0 Å². The van der Waals surface area contributed by atoms with Crippen LogP contribution in [0.15, 0.2) is 36.5 Å². The standard InChI is InChI=1S/C12H11N3O/c1-8-3-2-4-9(7-8)12-14-6-5-10(15-12)11(13)16/h2-7H,1H3,(H2,13,16). The molecule has 0 saturated heterocycles. The van der Waals surface area contributed by atoms with Gasteiger partial charge in [0, 0.05) is 11.8 Å². The smallest absolute Gasteiger partial charge is 0.267 e. The van der Waals surface area contributed by atoms with E-state index in [9.17, 15) is 4.79 Å². The molecule has 0 saturated carbocycles. The van der Waals surface area contributed by atoms with Gasteiger partial charge in [0.15, 0.2) is 5.82 Å². The SMILES string of the molecule is Cc1cccc(-c2nccc(C(N)=O)n2)c1. The summed E-state index contributed by atoms with van der Waals surface area (Å²) in [6.07, 6.45) is 1.53. The molecule has 16 heavy (non-hydrogen) atoms. The lowest BCUT2D eigenvalue weighted by molar-refractivity contribution is 0.0995. The molecule has 2 aromatic rings. The first-order valence-corrected chi connectivity index (χ1v) is 4.87. The lowest BCUT2D eigenvalue weighted by Gasteiger charge is -2.02. The van der Waals surface area contributed by atoms with Crippen molar-refractivity contribution in [3.8, 4) is 11.4 Å². The van der Waals surface area contributed by atoms with Crippen LogP contribution < -0.4 is 5.73 Å². The Bertz CT molecular complexity index is 537. The molecule has 0 bridgehead atoms. The van der Waals surface area contributed by atoms with Crippen molar-refractivity contribution in [2.45, 2.75) is 6.92 Å². The predicted octanol–water partition coefficient (Wildman–Crippen LogP) is 1.55. The molecule has 0 aliphatic carbocycles. The second kappa shape index (κ2) is 4.10. The van der Waals surface area contributed by atoms with Crippen molar-refractivity contribution >= 4 is 5.91 Å². The number of primary amides is 1. The van der Waals surface area contributed by atoms with Crippen LogP contribution in [0.2, 0.25) is 0 Å². The van der Waals surface area contributed by atoms with Crippen molar-refractivity contribution in [1.82, 2.24) is 9.97 Å². The topological polar surface area (TPSA) is 68.9 Å². The van der Waals surface area contributed by atoms with Gasteiger partial charge in [0.25, 0.3) is 5.91 Å². The molecular formula is C12H11N3O. The van der Waals surface area contributed by atoms with E-state index >= 15 is 0 Å². The Kier molecular flexibility index (Phi) is 2.64. The van der Waals surface area contributed by atoms with Gasteiger partial charge in [-0.05, 0) is 19.1 Å². The molecule has 4 heteroatoms. The average Bonchev–Trinajstić information content (AvgIpc) is 2.29. The maximum absolute atomic E-state index is 11.0. The zero-order valence-electron chi connectivity index (χ0n) is 8.84. The molecule has 0 aliphatic rings. The molecule has 0 atom stereocenters. The molecule has 4 nitrogen and oxygen atoms in total. The van der Waals surface area contributed by atoms with E-state index in [0.717, 1.165) is 11.1 Å². The molecule has 2 N–H and O–H groups in total. The monoisotopic (exact) mass is 213 g/mol. The number of carbonyl (C=O) groups is 1. The quantitative estimate of drug-likeness (QED) is 0.822. The Morgan fingerprint density at radius 1 is 1.31 bits per heavy atom. The van der Waals surface area contributed by atoms with Crippen LogP contribution in [0.5, 0.6) is 0 Å². The van der Waals surface area contributed by atoms with Gasteiger partial charge in [-0.25, -0.2) is 9.97 Å². The number of nitrogens with zero attached hydrogens (tertiary/aromatic N) is 2. The minimum Gasteiger partial charge on any atom is -0.364 e. The number of nitrogens with two attached hydrogens (primary N) is 1. The summed E-state index contributed by atoms with van der Waals surface area (Å²) < 4.78 is 0. The molecule has 0 spiro atoms. The van der Waals surface area contributed by atoms with Crippen LogP contribution in [-0.4, -0.2) is 15.9 Å². The van der Waals surface area contributed by atoms with E-state index in [2.05, 4.69) is 9.97 Å². The number of amides is 1. The number of hydrogen-bond acceptors (Lipinski definition) is 3. The highest BCUT2D eigenvalue weighted by atomic mass is 16.1. The van der Waals surface area contributed by atoms with Crippen LogP contribution in [0.25, 0.3) is 11.4 Å². The van der Waals surface area contributed by atoms with Gasteiger partial charge < -0.3 is 5.73 Å². The van der Waals surface area contributed by atoms with Crippen molar-refractivity contribution in [2.24, 2.45) is 5.73 Å². The summed E-state index contributed by atoms with van der Waals surface area (Å²) in [6, 6.07) is 9.27. The number of benzene rings is 1. The van der Waals surface area contributed by atoms with Crippen LogP contribution in [0, 0.1) is 6.92 Å². The van der Waals surface area contributed by atoms with E-state index in [1.165, 1.54) is 12.3 Å². The third kappa shape index (κ3) is 2.06. The molecule has 2 rings (SSSR count). The lowest BCUT2D eigenvalue weighted by Crippen LogP contribution is -2.13. The summed E-state index contributed by atoms with van der Waals surface area (Å²) in [5.74, 6) is -0.0312. The maximum atomic E-state index is 11.0. The van der Waals surface area contributed by atoms with E-state index < -0.39 is 5.91 Å². The third-order valence-electron chi connectivity index (χ3n) is 2.18. The van der Waals surface area contributed by atoms with E-state index in [1.807, 2.05) is 31.2 Å². The maximum Gasteiger partial charge on any atom is 0.267 e. The summed E-state index contributed by atoms with van der Waals surface area (Å²) in [7, 11) is 0. The summed E-state index contributed by atoms with van der Waals surface area (Å²) in [5, 5.41) is 0. The molecule has 0 aliphatic heterocycles. The molecular weight excluding hydrogens is 202 g/mol. The first-order valence-electron chi connectivity index (χ1n) is 4.87. The molecule has 0 radical (unpaired) electrons. The molecule has 1 aromatic heterocycles. The Morgan fingerprint density at radius 3 is 2.81 bits per heavy atom. The minimum atomic E-state index is -0.545. The fourth-order valence-corrected chi connectivity index (χ4v) is 1.42. The van der Waals surface area contributed by atoms with Crippen molar-refractivity contribution in [1.29, 1.82) is 0 Å². The third-order valence-corrected chi connectivity index (χ3v) is 2.18. The van der Waals surface area contributed by atoms with E-state index in [1.54, 1.807) is 0 Å². The van der Waals surface area contributed by atoms with E-state index in [-0.39, 0.29) is 5.69 Å². The first-order chi connectivity index (χ1) is 7.66. The number of aryl methyl sites for hydroxylation is 1. The van der Waals surface area contributed by atoms with Gasteiger partial charge in [-0.1, -0.05) is 23.8 Å². The normalized spacial score (nSPS) is 10.1. The van der Waals surface area contributed by atoms with Gasteiger partial charge in [-0.3, -0.25) is 4.79 Å². The Labute approximate surface area is 93.2 Å². The van der Waals surface area contributed by atoms with E-state index in [4.69, 9.17) is 5.73 Å². The highest BCUT2D eigenvalue weighted by Crippen LogP contribution is 2.15. The zero-order valence-corrected chi connectivity index (χ0v) is 8.84. The van der Waals surface area contributed by atoms with Gasteiger partial charge in [0.2, 0.25) is 0 Å². The van der Waals surface area contributed by atoms with Gasteiger partial charge in [0.05, 0.1) is 0 Å². The Morgan fingerprint density at radius 2 is 2.12 bits per heavy atom. The second-order valence-electron chi connectivity index (χ2n) is 3.50. The van der Waals surface area contributed by atoms with Gasteiger partial charge in [0.1, 0.15) is 5.69 Å². The van der Waals surface area contributed by atoms with Crippen LogP contribution in [0.4, 0.5) is 0 Å². The number of rotatable bonds is 2. The van der Waals surface area contributed by atoms with Gasteiger partial charge in [-0.15, -0.1) is 0 Å². The van der Waals surface area contributed by atoms with Crippen molar-refractivity contribution in [2.75, 3.05) is 0 Å². The molecule has 0 unspecified atom stereocenters. The van der Waals surface area contributed by atoms with E-state index in [0.29, 0.717) is 5.82 Å². The molecule has 80 valence electrons. The number of hydrogen-bond donors (Lipinski definition) is 1. The van der Waals surface area contributed by atoms with Crippen LogP contribution in [0.1, 0.15) is 16.1 Å². The Hall–Kier alpha value is -2.23. The largest absolute Gasteiger partial charge is 0.364 e. The number of aromatic nitrogens is 2. The summed E-state index contributed by atoms with van der Waals surface area (Å²) in [6.45, 7) is 1.99. The molecule has 0 fully saturated rings.